The van der Waals surface area contributed by atoms with E-state index in [1.54, 1.807) is 0 Å². The predicted molar refractivity (Wildman–Crippen MR) is 123 cm³/mol. The van der Waals surface area contributed by atoms with Gasteiger partial charge in [-0.05, 0) is 84.2 Å². The van der Waals surface area contributed by atoms with E-state index in [1.165, 1.54) is 0 Å². The fraction of sp³-hybridized carbons (Fsp3) is 0.727. The lowest BCUT2D eigenvalue weighted by atomic mass is 9.79. The van der Waals surface area contributed by atoms with Gasteiger partial charge in [0.2, 0.25) is 8.32 Å². The maximum Gasteiger partial charge on any atom is 0.494 e. The van der Waals surface area contributed by atoms with Crippen molar-refractivity contribution in [2.24, 2.45) is 0 Å². The number of hydrogen-bond acceptors (Lipinski definition) is 4. The lowest BCUT2D eigenvalue weighted by Gasteiger charge is -2.45. The van der Waals surface area contributed by atoms with Crippen molar-refractivity contribution in [2.45, 2.75) is 104 Å². The van der Waals surface area contributed by atoms with Crippen LogP contribution in [0.3, 0.4) is 0 Å². The normalized spacial score (nSPS) is 19.8. The highest BCUT2D eigenvalue weighted by molar-refractivity contribution is 6.74. The third-order valence-electron chi connectivity index (χ3n) is 6.39. The molecule has 0 amide bonds. The second-order valence-electron chi connectivity index (χ2n) is 11.5. The molecule has 28 heavy (non-hydrogen) atoms. The second kappa shape index (κ2) is 7.15. The quantitative estimate of drug-likeness (QED) is 0.487. The summed E-state index contributed by atoms with van der Waals surface area (Å²) in [5.41, 5.74) is 1.26. The highest BCUT2D eigenvalue weighted by Crippen LogP contribution is 2.40. The van der Waals surface area contributed by atoms with Crippen LogP contribution in [-0.2, 0) is 13.8 Å². The molecule has 0 saturated carbocycles. The van der Waals surface area contributed by atoms with Crippen molar-refractivity contribution < 1.29 is 13.8 Å². The van der Waals surface area contributed by atoms with E-state index >= 15 is 0 Å². The summed E-state index contributed by atoms with van der Waals surface area (Å²) in [4.78, 5) is 0. The van der Waals surface area contributed by atoms with Crippen LogP contribution < -0.4 is 10.5 Å². The van der Waals surface area contributed by atoms with Crippen LogP contribution in [0.5, 0.6) is 0 Å². The number of benzene rings is 1. The van der Waals surface area contributed by atoms with Crippen LogP contribution in [-0.4, -0.2) is 32.2 Å². The van der Waals surface area contributed by atoms with Gasteiger partial charge in [0.05, 0.1) is 22.4 Å². The van der Waals surface area contributed by atoms with Gasteiger partial charge in [-0.15, -0.1) is 0 Å². The van der Waals surface area contributed by atoms with E-state index in [9.17, 15) is 0 Å². The molecule has 1 aliphatic rings. The molecule has 1 fully saturated rings. The van der Waals surface area contributed by atoms with Gasteiger partial charge in [0, 0.05) is 0 Å². The molecular weight excluding hydrogens is 365 g/mol. The molecule has 1 aromatic rings. The molecule has 0 aromatic heterocycles. The van der Waals surface area contributed by atoms with Crippen molar-refractivity contribution in [2.75, 3.05) is 5.06 Å². The Morgan fingerprint density at radius 2 is 1.29 bits per heavy atom. The summed E-state index contributed by atoms with van der Waals surface area (Å²) in [5.74, 6) is 0. The standard InChI is InChI=1S/C22H40BNO3Si/c1-19(2,3)24(27-28(11,12)20(4,5)6)18-15-13-17(14-16-18)23-25-21(7,8)22(9,10)26-23/h13-16H,1-12H3. The lowest BCUT2D eigenvalue weighted by molar-refractivity contribution is 0.00578. The number of rotatable bonds is 4. The van der Waals surface area contributed by atoms with Crippen molar-refractivity contribution >= 4 is 26.6 Å². The summed E-state index contributed by atoms with van der Waals surface area (Å²) >= 11 is 0. The molecule has 0 atom stereocenters. The van der Waals surface area contributed by atoms with Gasteiger partial charge >= 0.3 is 7.12 Å². The Labute approximate surface area is 174 Å². The molecule has 6 heteroatoms. The summed E-state index contributed by atoms with van der Waals surface area (Å²) < 4.78 is 19.1. The smallest absolute Gasteiger partial charge is 0.399 e. The molecule has 1 saturated heterocycles. The van der Waals surface area contributed by atoms with Gasteiger partial charge in [-0.3, -0.25) is 5.06 Å². The largest absolute Gasteiger partial charge is 0.494 e. The van der Waals surface area contributed by atoms with Gasteiger partial charge in [0.15, 0.2) is 0 Å². The Bertz CT molecular complexity index is 671. The summed E-state index contributed by atoms with van der Waals surface area (Å²) in [6, 6.07) is 8.40. The first-order valence-corrected chi connectivity index (χ1v) is 13.2. The topological polar surface area (TPSA) is 30.9 Å². The van der Waals surface area contributed by atoms with Crippen LogP contribution in [0.1, 0.15) is 69.2 Å². The van der Waals surface area contributed by atoms with Crippen molar-refractivity contribution in [3.8, 4) is 0 Å². The fourth-order valence-electron chi connectivity index (χ4n) is 2.69. The van der Waals surface area contributed by atoms with E-state index in [1.807, 2.05) is 0 Å². The van der Waals surface area contributed by atoms with Crippen LogP contribution in [0.15, 0.2) is 24.3 Å². The number of hydrogen-bond donors (Lipinski definition) is 0. The van der Waals surface area contributed by atoms with E-state index in [2.05, 4.69) is 112 Å². The SMILES string of the molecule is CC(C)(C)N(O[Si](C)(C)C(C)(C)C)c1ccc(B2OC(C)(C)C(C)(C)O2)cc1. The average Bonchev–Trinajstić information content (AvgIpc) is 2.71. The lowest BCUT2D eigenvalue weighted by Crippen LogP contribution is -2.53. The summed E-state index contributed by atoms with van der Waals surface area (Å²) in [5, 5.41) is 2.22. The first-order valence-electron chi connectivity index (χ1n) is 10.3. The molecule has 0 bridgehead atoms. The minimum absolute atomic E-state index is 0.138. The van der Waals surface area contributed by atoms with Crippen LogP contribution >= 0.6 is 0 Å². The highest BCUT2D eigenvalue weighted by Gasteiger charge is 2.51. The summed E-state index contributed by atoms with van der Waals surface area (Å²) in [7, 11) is -2.31. The number of hydroxylamine groups is 1. The molecule has 0 spiro atoms. The van der Waals surface area contributed by atoms with Gasteiger partial charge < -0.3 is 13.8 Å². The van der Waals surface area contributed by atoms with E-state index in [0.29, 0.717) is 0 Å². The Morgan fingerprint density at radius 3 is 1.64 bits per heavy atom. The van der Waals surface area contributed by atoms with Crippen LogP contribution in [0.2, 0.25) is 18.1 Å². The van der Waals surface area contributed by atoms with Crippen molar-refractivity contribution in [1.29, 1.82) is 0 Å². The third kappa shape index (κ3) is 4.67. The Kier molecular flexibility index (Phi) is 5.99. The molecule has 1 aromatic carbocycles. The molecule has 0 N–H and O–H groups in total. The zero-order valence-electron chi connectivity index (χ0n) is 20.1. The average molecular weight is 405 g/mol. The fourth-order valence-corrected chi connectivity index (χ4v) is 3.80. The first kappa shape index (κ1) is 23.5. The molecule has 1 aliphatic heterocycles. The van der Waals surface area contributed by atoms with Crippen molar-refractivity contribution in [3.05, 3.63) is 24.3 Å². The monoisotopic (exact) mass is 405 g/mol. The molecule has 158 valence electrons. The molecule has 0 aliphatic carbocycles. The van der Waals surface area contributed by atoms with E-state index < -0.39 is 8.32 Å². The third-order valence-corrected chi connectivity index (χ3v) is 10.6. The van der Waals surface area contributed by atoms with Crippen molar-refractivity contribution in [3.63, 3.8) is 0 Å². The maximum atomic E-state index is 6.69. The predicted octanol–water partition coefficient (Wildman–Crippen LogP) is 5.53. The number of nitrogens with zero attached hydrogens (tertiary/aromatic N) is 1. The first-order chi connectivity index (χ1) is 12.4. The van der Waals surface area contributed by atoms with Crippen LogP contribution in [0, 0.1) is 0 Å². The Balaban J connectivity index is 2.28. The molecule has 1 heterocycles. The number of anilines is 1. The molecular formula is C22H40BNO3Si. The highest BCUT2D eigenvalue weighted by atomic mass is 28.4. The van der Waals surface area contributed by atoms with Crippen LogP contribution in [0.25, 0.3) is 0 Å². The van der Waals surface area contributed by atoms with Crippen LogP contribution in [0.4, 0.5) is 5.69 Å². The summed E-state index contributed by atoms with van der Waals surface area (Å²) in [6.07, 6.45) is 0. The minimum atomic E-state index is -1.96. The van der Waals surface area contributed by atoms with E-state index in [0.717, 1.165) is 11.2 Å². The second-order valence-corrected chi connectivity index (χ2v) is 16.2. The van der Waals surface area contributed by atoms with Gasteiger partial charge in [0.25, 0.3) is 0 Å². The van der Waals surface area contributed by atoms with Gasteiger partial charge in [-0.25, -0.2) is 0 Å². The molecule has 2 rings (SSSR count). The van der Waals surface area contributed by atoms with Gasteiger partial charge in [-0.1, -0.05) is 32.9 Å². The molecule has 0 radical (unpaired) electrons. The maximum absolute atomic E-state index is 6.69. The minimum Gasteiger partial charge on any atom is -0.399 e. The van der Waals surface area contributed by atoms with Crippen molar-refractivity contribution in [1.82, 2.24) is 0 Å². The van der Waals surface area contributed by atoms with E-state index in [-0.39, 0.29) is 28.9 Å². The zero-order valence-corrected chi connectivity index (χ0v) is 21.1. The summed E-state index contributed by atoms with van der Waals surface area (Å²) in [6.45, 7) is 26.2. The molecule has 4 nitrogen and oxygen atoms in total. The van der Waals surface area contributed by atoms with Gasteiger partial charge in [0.1, 0.15) is 0 Å². The van der Waals surface area contributed by atoms with E-state index in [4.69, 9.17) is 13.8 Å². The Morgan fingerprint density at radius 1 is 0.857 bits per heavy atom. The molecule has 0 unspecified atom stereocenters. The van der Waals surface area contributed by atoms with Gasteiger partial charge in [-0.2, -0.15) is 0 Å². The Hall–Kier alpha value is -0.818. The zero-order chi connectivity index (χ0) is 21.8.